The first-order valence-electron chi connectivity index (χ1n) is 4.92. The predicted octanol–water partition coefficient (Wildman–Crippen LogP) is 3.07. The molecule has 0 aliphatic carbocycles. The van der Waals surface area contributed by atoms with Crippen LogP contribution in [0.2, 0.25) is 0 Å². The van der Waals surface area contributed by atoms with Gasteiger partial charge in [-0.2, -0.15) is 5.26 Å². The molecule has 2 N–H and O–H groups in total. The lowest BCUT2D eigenvalue weighted by atomic mass is 10.2. The van der Waals surface area contributed by atoms with E-state index in [0.717, 1.165) is 6.07 Å². The molecule has 0 heterocycles. The van der Waals surface area contributed by atoms with Crippen LogP contribution in [0.3, 0.4) is 0 Å². The number of hydrogen-bond acceptors (Lipinski definition) is 3. The van der Waals surface area contributed by atoms with Crippen molar-refractivity contribution in [1.82, 2.24) is 0 Å². The number of halogens is 1. The minimum Gasteiger partial charge on any atom is -0.455 e. The Morgan fingerprint density at radius 2 is 1.94 bits per heavy atom. The molecule has 3 nitrogen and oxygen atoms in total. The van der Waals surface area contributed by atoms with Crippen molar-refractivity contribution in [2.24, 2.45) is 0 Å². The topological polar surface area (TPSA) is 59.0 Å². The van der Waals surface area contributed by atoms with E-state index in [2.05, 4.69) is 0 Å². The first-order chi connectivity index (χ1) is 8.20. The second kappa shape index (κ2) is 4.54. The third-order valence-corrected chi connectivity index (χ3v) is 2.21. The number of nitrogen functional groups attached to an aromatic ring is 1. The Hall–Kier alpha value is -2.54. The van der Waals surface area contributed by atoms with E-state index in [1.807, 2.05) is 0 Å². The van der Waals surface area contributed by atoms with Crippen LogP contribution in [-0.2, 0) is 0 Å². The molecule has 0 spiro atoms. The molecular weight excluding hydrogens is 219 g/mol. The molecule has 0 saturated carbocycles. The van der Waals surface area contributed by atoms with Gasteiger partial charge >= 0.3 is 0 Å². The number of nitriles is 1. The maximum absolute atomic E-state index is 13.3. The van der Waals surface area contributed by atoms with E-state index >= 15 is 0 Å². The van der Waals surface area contributed by atoms with Gasteiger partial charge in [0, 0.05) is 6.07 Å². The summed E-state index contributed by atoms with van der Waals surface area (Å²) in [5, 5.41) is 8.59. The van der Waals surface area contributed by atoms with Crippen LogP contribution in [0.1, 0.15) is 5.56 Å². The molecule has 0 aliphatic rings. The van der Waals surface area contributed by atoms with Crippen LogP contribution in [-0.4, -0.2) is 0 Å². The first kappa shape index (κ1) is 11.0. The summed E-state index contributed by atoms with van der Waals surface area (Å²) < 4.78 is 18.7. The summed E-state index contributed by atoms with van der Waals surface area (Å²) in [4.78, 5) is 0. The lowest BCUT2D eigenvalue weighted by Gasteiger charge is -2.08. The molecule has 0 aliphatic heterocycles. The third-order valence-electron chi connectivity index (χ3n) is 2.21. The van der Waals surface area contributed by atoms with Gasteiger partial charge in [-0.3, -0.25) is 0 Å². The monoisotopic (exact) mass is 228 g/mol. The molecule has 4 heteroatoms. The van der Waals surface area contributed by atoms with Crippen LogP contribution >= 0.6 is 0 Å². The average Bonchev–Trinajstić information content (AvgIpc) is 2.32. The predicted molar refractivity (Wildman–Crippen MR) is 62.0 cm³/mol. The van der Waals surface area contributed by atoms with Gasteiger partial charge in [-0.15, -0.1) is 0 Å². The van der Waals surface area contributed by atoms with Crippen molar-refractivity contribution in [1.29, 1.82) is 5.26 Å². The van der Waals surface area contributed by atoms with E-state index in [0.29, 0.717) is 17.2 Å². The van der Waals surface area contributed by atoms with Gasteiger partial charge in [-0.25, -0.2) is 4.39 Å². The summed E-state index contributed by atoms with van der Waals surface area (Å²) in [6.45, 7) is 0. The normalized spacial score (nSPS) is 9.65. The van der Waals surface area contributed by atoms with Gasteiger partial charge in [0.2, 0.25) is 0 Å². The zero-order valence-electron chi connectivity index (χ0n) is 8.85. The van der Waals surface area contributed by atoms with E-state index in [-0.39, 0.29) is 5.56 Å². The summed E-state index contributed by atoms with van der Waals surface area (Å²) in [5.41, 5.74) is 6.15. The number of benzene rings is 2. The SMILES string of the molecule is N#Cc1ccc(Oc2ccccc2N)cc1F. The van der Waals surface area contributed by atoms with E-state index in [1.54, 1.807) is 30.3 Å². The molecule has 0 amide bonds. The van der Waals surface area contributed by atoms with Crippen molar-refractivity contribution in [3.8, 4) is 17.6 Å². The summed E-state index contributed by atoms with van der Waals surface area (Å²) in [5.74, 6) is 0.149. The second-order valence-electron chi connectivity index (χ2n) is 3.39. The van der Waals surface area contributed by atoms with Gasteiger partial charge in [0.25, 0.3) is 0 Å². The van der Waals surface area contributed by atoms with E-state index in [1.165, 1.54) is 12.1 Å². The number of para-hydroxylation sites is 2. The number of rotatable bonds is 2. The fourth-order valence-electron chi connectivity index (χ4n) is 1.35. The van der Waals surface area contributed by atoms with Crippen LogP contribution in [0, 0.1) is 17.1 Å². The fraction of sp³-hybridized carbons (Fsp3) is 0. The molecule has 0 radical (unpaired) electrons. The summed E-state index contributed by atoms with van der Waals surface area (Å²) >= 11 is 0. The van der Waals surface area contributed by atoms with Gasteiger partial charge < -0.3 is 10.5 Å². The number of hydrogen-bond donors (Lipinski definition) is 1. The summed E-state index contributed by atoms with van der Waals surface area (Å²) in [7, 11) is 0. The Morgan fingerprint density at radius 3 is 2.59 bits per heavy atom. The lowest BCUT2D eigenvalue weighted by molar-refractivity contribution is 0.478. The second-order valence-corrected chi connectivity index (χ2v) is 3.39. The minimum atomic E-state index is -0.612. The van der Waals surface area contributed by atoms with Gasteiger partial charge in [0.05, 0.1) is 11.3 Å². The highest BCUT2D eigenvalue weighted by Gasteiger charge is 2.05. The van der Waals surface area contributed by atoms with Crippen molar-refractivity contribution < 1.29 is 9.13 Å². The van der Waals surface area contributed by atoms with Crippen LogP contribution < -0.4 is 10.5 Å². The lowest BCUT2D eigenvalue weighted by Crippen LogP contribution is -1.92. The molecule has 2 aromatic carbocycles. The quantitative estimate of drug-likeness (QED) is 0.803. The Balaban J connectivity index is 2.29. The van der Waals surface area contributed by atoms with Crippen molar-refractivity contribution in [2.75, 3.05) is 5.73 Å². The molecule has 0 aromatic heterocycles. The number of nitrogens with two attached hydrogens (primary N) is 1. The highest BCUT2D eigenvalue weighted by Crippen LogP contribution is 2.27. The molecular formula is C13H9FN2O. The number of ether oxygens (including phenoxy) is 1. The Morgan fingerprint density at radius 1 is 1.18 bits per heavy atom. The molecule has 0 bridgehead atoms. The fourth-order valence-corrected chi connectivity index (χ4v) is 1.35. The van der Waals surface area contributed by atoms with Gasteiger partial charge in [-0.1, -0.05) is 12.1 Å². The largest absolute Gasteiger partial charge is 0.455 e. The van der Waals surface area contributed by atoms with Crippen molar-refractivity contribution in [3.63, 3.8) is 0 Å². The first-order valence-corrected chi connectivity index (χ1v) is 4.92. The average molecular weight is 228 g/mol. The number of nitrogens with zero attached hydrogens (tertiary/aromatic N) is 1. The molecule has 84 valence electrons. The van der Waals surface area contributed by atoms with Crippen LogP contribution in [0.5, 0.6) is 11.5 Å². The number of anilines is 1. The molecule has 0 atom stereocenters. The smallest absolute Gasteiger partial charge is 0.150 e. The van der Waals surface area contributed by atoms with Crippen LogP contribution in [0.15, 0.2) is 42.5 Å². The van der Waals surface area contributed by atoms with E-state index in [4.69, 9.17) is 15.7 Å². The highest BCUT2D eigenvalue weighted by molar-refractivity contribution is 5.53. The standard InChI is InChI=1S/C13H9FN2O/c14-11-7-10(6-5-9(11)8-15)17-13-4-2-1-3-12(13)16/h1-7H,16H2. The molecule has 2 aromatic rings. The maximum Gasteiger partial charge on any atom is 0.150 e. The Bertz CT molecular complexity index is 590. The van der Waals surface area contributed by atoms with Gasteiger partial charge in [-0.05, 0) is 24.3 Å². The van der Waals surface area contributed by atoms with Gasteiger partial charge in [0.15, 0.2) is 0 Å². The highest BCUT2D eigenvalue weighted by atomic mass is 19.1. The maximum atomic E-state index is 13.3. The third kappa shape index (κ3) is 2.34. The van der Waals surface area contributed by atoms with Crippen molar-refractivity contribution in [3.05, 3.63) is 53.8 Å². The summed E-state index contributed by atoms with van der Waals surface area (Å²) in [6.07, 6.45) is 0. The van der Waals surface area contributed by atoms with Crippen LogP contribution in [0.4, 0.5) is 10.1 Å². The van der Waals surface area contributed by atoms with Crippen molar-refractivity contribution >= 4 is 5.69 Å². The van der Waals surface area contributed by atoms with E-state index in [9.17, 15) is 4.39 Å². The zero-order valence-corrected chi connectivity index (χ0v) is 8.85. The Kier molecular flexibility index (Phi) is 2.93. The minimum absolute atomic E-state index is 0.0154. The van der Waals surface area contributed by atoms with Gasteiger partial charge in [0.1, 0.15) is 23.4 Å². The molecule has 0 fully saturated rings. The van der Waals surface area contributed by atoms with Crippen LogP contribution in [0.25, 0.3) is 0 Å². The Labute approximate surface area is 97.9 Å². The molecule has 17 heavy (non-hydrogen) atoms. The summed E-state index contributed by atoms with van der Waals surface area (Å²) in [6, 6.07) is 12.7. The zero-order chi connectivity index (χ0) is 12.3. The van der Waals surface area contributed by atoms with E-state index < -0.39 is 5.82 Å². The molecule has 0 saturated heterocycles. The molecule has 0 unspecified atom stereocenters. The van der Waals surface area contributed by atoms with Crippen molar-refractivity contribution in [2.45, 2.75) is 0 Å². The molecule has 2 rings (SSSR count).